The highest BCUT2D eigenvalue weighted by Gasteiger charge is 2.28. The normalized spacial score (nSPS) is 13.3. The van der Waals surface area contributed by atoms with Crippen molar-refractivity contribution in [2.24, 2.45) is 0 Å². The molecule has 0 spiro atoms. The Morgan fingerprint density at radius 1 is 0.521 bits per heavy atom. The van der Waals surface area contributed by atoms with Gasteiger partial charge in [0.1, 0.15) is 26.4 Å². The summed E-state index contributed by atoms with van der Waals surface area (Å²) in [4.78, 5) is 12.7. The van der Waals surface area contributed by atoms with Gasteiger partial charge in [-0.3, -0.25) is 0 Å². The van der Waals surface area contributed by atoms with Crippen LogP contribution in [0.4, 0.5) is 0 Å². The molecule has 2 aliphatic rings. The molecule has 6 aromatic rings. The number of ether oxygens (including phenoxy) is 8. The van der Waals surface area contributed by atoms with Crippen LogP contribution in [0.1, 0.15) is 0 Å². The molecule has 5 heterocycles. The summed E-state index contributed by atoms with van der Waals surface area (Å²) in [6.45, 7) is 1.95. The van der Waals surface area contributed by atoms with Crippen molar-refractivity contribution in [3.63, 3.8) is 0 Å². The first-order valence-corrected chi connectivity index (χ1v) is 16.9. The molecule has 0 unspecified atom stereocenters. The molecule has 0 radical (unpaired) electrons. The molecule has 10 nitrogen and oxygen atoms in total. The van der Waals surface area contributed by atoms with Crippen molar-refractivity contribution in [1.29, 1.82) is 0 Å². The molecule has 2 aliphatic heterocycles. The van der Waals surface area contributed by atoms with Crippen molar-refractivity contribution >= 4 is 33.7 Å². The van der Waals surface area contributed by atoms with E-state index in [1.807, 2.05) is 47.2 Å². The number of hydrogen-bond donors (Lipinski definition) is 0. The molecule has 3 aromatic heterocycles. The van der Waals surface area contributed by atoms with Crippen LogP contribution in [-0.2, 0) is 0 Å². The van der Waals surface area contributed by atoms with Gasteiger partial charge in [-0.1, -0.05) is 12.1 Å². The van der Waals surface area contributed by atoms with Gasteiger partial charge in [-0.2, -0.15) is 0 Å². The molecule has 3 aromatic carbocycles. The first-order valence-electron chi connectivity index (χ1n) is 15.2. The van der Waals surface area contributed by atoms with Crippen LogP contribution in [0.25, 0.3) is 54.4 Å². The second kappa shape index (κ2) is 12.4. The van der Waals surface area contributed by atoms with Gasteiger partial charge in [-0.15, -0.1) is 22.7 Å². The largest absolute Gasteiger partial charge is 0.493 e. The van der Waals surface area contributed by atoms with Gasteiger partial charge in [-0.25, -0.2) is 9.97 Å². The molecular formula is C36H30N2O8S2. The van der Waals surface area contributed by atoms with E-state index in [2.05, 4.69) is 12.1 Å². The van der Waals surface area contributed by atoms with Crippen molar-refractivity contribution in [3.05, 3.63) is 59.3 Å². The van der Waals surface area contributed by atoms with E-state index in [1.54, 1.807) is 51.1 Å². The molecule has 0 bridgehead atoms. The number of fused-ring (bicyclic) bond motifs is 3. The van der Waals surface area contributed by atoms with Crippen LogP contribution in [0.5, 0.6) is 46.0 Å². The Bertz CT molecular complexity index is 2020. The minimum Gasteiger partial charge on any atom is -0.493 e. The smallest absolute Gasteiger partial charge is 0.180 e. The van der Waals surface area contributed by atoms with Crippen molar-refractivity contribution < 1.29 is 37.9 Å². The Morgan fingerprint density at radius 2 is 0.938 bits per heavy atom. The summed E-state index contributed by atoms with van der Waals surface area (Å²) in [7, 11) is 6.45. The number of aromatic nitrogens is 2. The molecular weight excluding hydrogens is 653 g/mol. The summed E-state index contributed by atoms with van der Waals surface area (Å²) in [6, 6.07) is 15.6. The van der Waals surface area contributed by atoms with E-state index in [9.17, 15) is 0 Å². The SMILES string of the molecule is COc1ccc(-c2nc3c(-c4scc5c4OCCO5)ccc(-c4scc5c4OCCO5)c3nc2-c2ccc(OC)c(OC)c2)cc1OC. The molecule has 0 fully saturated rings. The van der Waals surface area contributed by atoms with E-state index in [1.165, 1.54) is 0 Å². The quantitative estimate of drug-likeness (QED) is 0.157. The zero-order valence-corrected chi connectivity index (χ0v) is 28.2. The van der Waals surface area contributed by atoms with E-state index in [-0.39, 0.29) is 0 Å². The molecule has 244 valence electrons. The topological polar surface area (TPSA) is 99.6 Å². The first-order chi connectivity index (χ1) is 23.6. The predicted octanol–water partition coefficient (Wildman–Crippen LogP) is 8.00. The van der Waals surface area contributed by atoms with E-state index >= 15 is 0 Å². The minimum absolute atomic E-state index is 0.470. The molecule has 0 N–H and O–H groups in total. The Hall–Kier alpha value is -5.20. The Balaban J connectivity index is 1.46. The second-order valence-electron chi connectivity index (χ2n) is 10.8. The fourth-order valence-corrected chi connectivity index (χ4v) is 7.89. The average Bonchev–Trinajstić information content (AvgIpc) is 3.78. The molecule has 0 saturated heterocycles. The lowest BCUT2D eigenvalue weighted by Crippen LogP contribution is -2.14. The number of thiophene rings is 2. The third-order valence-corrected chi connectivity index (χ3v) is 10.2. The fraction of sp³-hybridized carbons (Fsp3) is 0.222. The second-order valence-corrected chi connectivity index (χ2v) is 12.6. The third-order valence-electron chi connectivity index (χ3n) is 8.23. The Morgan fingerprint density at radius 3 is 1.35 bits per heavy atom. The molecule has 8 rings (SSSR count). The highest BCUT2D eigenvalue weighted by molar-refractivity contribution is 7.15. The number of methoxy groups -OCH3 is 4. The molecule has 0 aliphatic carbocycles. The van der Waals surface area contributed by atoms with Crippen molar-refractivity contribution in [2.75, 3.05) is 54.9 Å². The summed E-state index contributed by atoms with van der Waals surface area (Å²) < 4.78 is 46.6. The number of benzene rings is 3. The average molecular weight is 683 g/mol. The van der Waals surface area contributed by atoms with E-state index in [4.69, 9.17) is 47.9 Å². The van der Waals surface area contributed by atoms with Crippen LogP contribution in [0, 0.1) is 0 Å². The van der Waals surface area contributed by atoms with Gasteiger partial charge < -0.3 is 37.9 Å². The van der Waals surface area contributed by atoms with Crippen LogP contribution in [0.3, 0.4) is 0 Å². The summed E-state index contributed by atoms with van der Waals surface area (Å²) >= 11 is 3.11. The van der Waals surface area contributed by atoms with Gasteiger partial charge in [0.2, 0.25) is 0 Å². The van der Waals surface area contributed by atoms with Crippen LogP contribution in [-0.4, -0.2) is 64.8 Å². The lowest BCUT2D eigenvalue weighted by molar-refractivity contribution is 0.174. The maximum Gasteiger partial charge on any atom is 0.180 e. The van der Waals surface area contributed by atoms with E-state index in [0.29, 0.717) is 83.3 Å². The van der Waals surface area contributed by atoms with Gasteiger partial charge in [-0.05, 0) is 36.4 Å². The van der Waals surface area contributed by atoms with Crippen LogP contribution < -0.4 is 37.9 Å². The molecule has 0 atom stereocenters. The molecule has 12 heteroatoms. The van der Waals surface area contributed by atoms with Crippen molar-refractivity contribution in [3.8, 4) is 89.4 Å². The zero-order chi connectivity index (χ0) is 32.8. The summed E-state index contributed by atoms with van der Waals surface area (Å²) in [5.74, 6) is 5.25. The highest BCUT2D eigenvalue weighted by atomic mass is 32.1. The monoisotopic (exact) mass is 682 g/mol. The highest BCUT2D eigenvalue weighted by Crippen LogP contribution is 2.52. The zero-order valence-electron chi connectivity index (χ0n) is 26.6. The molecule has 0 amide bonds. The van der Waals surface area contributed by atoms with Crippen molar-refractivity contribution in [2.45, 2.75) is 0 Å². The Kier molecular flexibility index (Phi) is 7.81. The standard InChI is InChI=1S/C36H30N2O8S2/c1-39-23-9-5-19(15-25(23)41-3)29-30(20-6-10-24(40-2)26(16-20)42-4)38-32-22(36-34-28(18-48-36)44-12-14-46-34)8-7-21(31(32)37-29)35-33-27(17-47-35)43-11-13-45-33/h5-10,15-18H,11-14H2,1-4H3. The minimum atomic E-state index is 0.470. The van der Waals surface area contributed by atoms with Gasteiger partial charge in [0.25, 0.3) is 0 Å². The maximum atomic E-state index is 6.13. The molecule has 0 saturated carbocycles. The summed E-state index contributed by atoms with van der Waals surface area (Å²) in [5, 5.41) is 3.95. The van der Waals surface area contributed by atoms with E-state index < -0.39 is 0 Å². The van der Waals surface area contributed by atoms with Gasteiger partial charge >= 0.3 is 0 Å². The third kappa shape index (κ3) is 4.99. The number of hydrogen-bond acceptors (Lipinski definition) is 12. The van der Waals surface area contributed by atoms with Gasteiger partial charge in [0.15, 0.2) is 46.0 Å². The number of rotatable bonds is 8. The van der Waals surface area contributed by atoms with Crippen LogP contribution in [0.15, 0.2) is 59.3 Å². The van der Waals surface area contributed by atoms with E-state index in [0.717, 1.165) is 43.5 Å². The predicted molar refractivity (Wildman–Crippen MR) is 185 cm³/mol. The van der Waals surface area contributed by atoms with Crippen LogP contribution >= 0.6 is 22.7 Å². The lowest BCUT2D eigenvalue weighted by Gasteiger charge is -2.19. The van der Waals surface area contributed by atoms with Crippen LogP contribution in [0.2, 0.25) is 0 Å². The van der Waals surface area contributed by atoms with Gasteiger partial charge in [0, 0.05) is 33.0 Å². The fourth-order valence-electron chi connectivity index (χ4n) is 5.97. The van der Waals surface area contributed by atoms with Gasteiger partial charge in [0.05, 0.1) is 60.6 Å². The molecule has 48 heavy (non-hydrogen) atoms. The maximum absolute atomic E-state index is 6.13. The first kappa shape index (κ1) is 30.2. The Labute approximate surface area is 284 Å². The van der Waals surface area contributed by atoms with Crippen molar-refractivity contribution in [1.82, 2.24) is 9.97 Å². The summed E-state index contributed by atoms with van der Waals surface area (Å²) in [5.41, 5.74) is 6.01. The number of nitrogens with zero attached hydrogens (tertiary/aromatic N) is 2. The lowest BCUT2D eigenvalue weighted by atomic mass is 9.99. The summed E-state index contributed by atoms with van der Waals surface area (Å²) in [6.07, 6.45) is 0.